The molecule has 0 unspecified atom stereocenters. The van der Waals surface area contributed by atoms with Gasteiger partial charge in [0.15, 0.2) is 11.4 Å². The van der Waals surface area contributed by atoms with Crippen molar-refractivity contribution in [1.82, 2.24) is 4.98 Å². The second-order valence-corrected chi connectivity index (χ2v) is 3.61. The third-order valence-electron chi connectivity index (χ3n) is 2.15. The number of aromatic amines is 1. The molecule has 0 amide bonds. The monoisotopic (exact) mass is 239 g/mol. The molecule has 5 nitrogen and oxygen atoms in total. The molecule has 1 aromatic carbocycles. The summed E-state index contributed by atoms with van der Waals surface area (Å²) in [6.07, 6.45) is 0. The Balaban J connectivity index is 2.94. The lowest BCUT2D eigenvalue weighted by molar-refractivity contribution is 0.0687. The van der Waals surface area contributed by atoms with Gasteiger partial charge in [0.05, 0.1) is 10.9 Å². The lowest BCUT2D eigenvalue weighted by atomic mass is 10.2. The van der Waals surface area contributed by atoms with Crippen molar-refractivity contribution < 1.29 is 15.0 Å². The van der Waals surface area contributed by atoms with Crippen molar-refractivity contribution in [3.05, 3.63) is 39.1 Å². The number of halogens is 1. The summed E-state index contributed by atoms with van der Waals surface area (Å²) in [5, 5.41) is 18.6. The molecule has 3 N–H and O–H groups in total. The van der Waals surface area contributed by atoms with Gasteiger partial charge in [0.25, 0.3) is 0 Å². The van der Waals surface area contributed by atoms with Crippen LogP contribution in [-0.2, 0) is 0 Å². The molecule has 0 saturated carbocycles. The average molecular weight is 240 g/mol. The van der Waals surface area contributed by atoms with Crippen molar-refractivity contribution in [3.8, 4) is 5.75 Å². The van der Waals surface area contributed by atoms with Gasteiger partial charge in [-0.05, 0) is 18.2 Å². The first-order valence-corrected chi connectivity index (χ1v) is 4.66. The minimum absolute atomic E-state index is 0.148. The molecule has 1 aromatic heterocycles. The number of aromatic hydroxyl groups is 1. The molecule has 0 aliphatic heterocycles. The lowest BCUT2D eigenvalue weighted by Gasteiger charge is -2.03. The van der Waals surface area contributed by atoms with Gasteiger partial charge in [-0.3, -0.25) is 4.79 Å². The maximum absolute atomic E-state index is 11.6. The minimum atomic E-state index is -1.40. The van der Waals surface area contributed by atoms with E-state index in [1.54, 1.807) is 0 Å². The number of hydrogen-bond donors (Lipinski definition) is 3. The van der Waals surface area contributed by atoms with Crippen LogP contribution in [0.2, 0.25) is 5.02 Å². The Hall–Kier alpha value is -2.01. The molecule has 0 aliphatic rings. The van der Waals surface area contributed by atoms with E-state index in [1.165, 1.54) is 18.2 Å². The molecule has 0 bridgehead atoms. The quantitative estimate of drug-likeness (QED) is 0.705. The fourth-order valence-electron chi connectivity index (χ4n) is 1.40. The Labute approximate surface area is 93.9 Å². The van der Waals surface area contributed by atoms with Crippen LogP contribution in [0.3, 0.4) is 0 Å². The van der Waals surface area contributed by atoms with E-state index < -0.39 is 22.8 Å². The summed E-state index contributed by atoms with van der Waals surface area (Å²) < 4.78 is 0. The van der Waals surface area contributed by atoms with E-state index in [-0.39, 0.29) is 5.39 Å². The molecule has 6 heteroatoms. The van der Waals surface area contributed by atoms with E-state index in [2.05, 4.69) is 4.98 Å². The van der Waals surface area contributed by atoms with Gasteiger partial charge in [-0.2, -0.15) is 0 Å². The zero-order valence-electron chi connectivity index (χ0n) is 7.82. The van der Waals surface area contributed by atoms with Gasteiger partial charge in [-0.1, -0.05) is 11.6 Å². The second-order valence-electron chi connectivity index (χ2n) is 3.17. The number of H-pyrrole nitrogens is 1. The first-order valence-electron chi connectivity index (χ1n) is 4.28. The van der Waals surface area contributed by atoms with E-state index in [1.807, 2.05) is 0 Å². The highest BCUT2D eigenvalue weighted by Crippen LogP contribution is 2.19. The Bertz CT molecular complexity index is 647. The van der Waals surface area contributed by atoms with E-state index >= 15 is 0 Å². The maximum Gasteiger partial charge on any atom is 0.356 e. The molecule has 0 saturated heterocycles. The van der Waals surface area contributed by atoms with Crippen LogP contribution in [0.15, 0.2) is 23.0 Å². The lowest BCUT2D eigenvalue weighted by Crippen LogP contribution is -2.11. The summed E-state index contributed by atoms with van der Waals surface area (Å²) in [5.41, 5.74) is -0.974. The molecule has 82 valence electrons. The van der Waals surface area contributed by atoms with Gasteiger partial charge >= 0.3 is 5.97 Å². The predicted octanol–water partition coefficient (Wildman–Crippen LogP) is 1.59. The number of carbonyl (C=O) groups is 1. The van der Waals surface area contributed by atoms with Crippen molar-refractivity contribution >= 4 is 28.5 Å². The molecule has 2 rings (SSSR count). The summed E-state index contributed by atoms with van der Waals surface area (Å²) in [6.45, 7) is 0. The van der Waals surface area contributed by atoms with Crippen LogP contribution in [-0.4, -0.2) is 21.2 Å². The van der Waals surface area contributed by atoms with Crippen molar-refractivity contribution in [1.29, 1.82) is 0 Å². The summed E-state index contributed by atoms with van der Waals surface area (Å²) in [6, 6.07) is 4.36. The number of carboxylic acids is 1. The van der Waals surface area contributed by atoms with Crippen LogP contribution in [0, 0.1) is 0 Å². The third-order valence-corrected chi connectivity index (χ3v) is 2.39. The number of hydrogen-bond acceptors (Lipinski definition) is 3. The fraction of sp³-hybridized carbons (Fsp3) is 0. The summed E-state index contributed by atoms with van der Waals surface area (Å²) in [5.74, 6) is -2.21. The Morgan fingerprint density at radius 1 is 1.38 bits per heavy atom. The van der Waals surface area contributed by atoms with Gasteiger partial charge in [0.2, 0.25) is 5.43 Å². The number of pyridine rings is 1. The number of benzene rings is 1. The van der Waals surface area contributed by atoms with Crippen molar-refractivity contribution in [2.75, 3.05) is 0 Å². The summed E-state index contributed by atoms with van der Waals surface area (Å²) >= 11 is 5.69. The molecular formula is C10H6ClNO4. The smallest absolute Gasteiger partial charge is 0.356 e. The number of rotatable bonds is 1. The Kier molecular flexibility index (Phi) is 2.32. The predicted molar refractivity (Wildman–Crippen MR) is 58.2 cm³/mol. The molecule has 1 heterocycles. The van der Waals surface area contributed by atoms with Crippen LogP contribution in [0.25, 0.3) is 10.9 Å². The number of aromatic nitrogens is 1. The van der Waals surface area contributed by atoms with Crippen LogP contribution in [0.5, 0.6) is 5.75 Å². The van der Waals surface area contributed by atoms with Crippen molar-refractivity contribution in [3.63, 3.8) is 0 Å². The largest absolute Gasteiger partial charge is 0.502 e. The fourth-order valence-corrected chi connectivity index (χ4v) is 1.58. The van der Waals surface area contributed by atoms with E-state index in [0.29, 0.717) is 10.5 Å². The number of nitrogens with one attached hydrogen (secondary N) is 1. The van der Waals surface area contributed by atoms with Gasteiger partial charge in [-0.25, -0.2) is 4.79 Å². The van der Waals surface area contributed by atoms with E-state index in [0.717, 1.165) is 0 Å². The number of carboxylic acid groups (broad SMARTS) is 1. The topological polar surface area (TPSA) is 90.4 Å². The highest BCUT2D eigenvalue weighted by atomic mass is 35.5. The third kappa shape index (κ3) is 1.51. The SMILES string of the molecule is O=C(O)c1[nH]c2ccc(Cl)cc2c(=O)c1O. The normalized spacial score (nSPS) is 10.6. The van der Waals surface area contributed by atoms with Crippen LogP contribution < -0.4 is 5.43 Å². The highest BCUT2D eigenvalue weighted by Gasteiger charge is 2.16. The van der Waals surface area contributed by atoms with Gasteiger partial charge < -0.3 is 15.2 Å². The van der Waals surface area contributed by atoms with E-state index in [9.17, 15) is 14.7 Å². The summed E-state index contributed by atoms with van der Waals surface area (Å²) in [4.78, 5) is 24.8. The first kappa shape index (κ1) is 10.5. The van der Waals surface area contributed by atoms with Crippen LogP contribution in [0.1, 0.15) is 10.5 Å². The molecular weight excluding hydrogens is 234 g/mol. The molecule has 16 heavy (non-hydrogen) atoms. The molecule has 0 spiro atoms. The zero-order chi connectivity index (χ0) is 11.9. The van der Waals surface area contributed by atoms with E-state index in [4.69, 9.17) is 16.7 Å². The molecule has 0 aliphatic carbocycles. The highest BCUT2D eigenvalue weighted by molar-refractivity contribution is 6.31. The van der Waals surface area contributed by atoms with Crippen LogP contribution in [0.4, 0.5) is 0 Å². The zero-order valence-corrected chi connectivity index (χ0v) is 8.58. The first-order chi connectivity index (χ1) is 7.50. The second kappa shape index (κ2) is 3.53. The standard InChI is InChI=1S/C10H6ClNO4/c11-4-1-2-6-5(3-4)8(13)9(14)7(12-6)10(15)16/h1-3,14H,(H,12,13)(H,15,16). The van der Waals surface area contributed by atoms with Gasteiger partial charge in [0.1, 0.15) is 0 Å². The number of fused-ring (bicyclic) bond motifs is 1. The van der Waals surface area contributed by atoms with Gasteiger partial charge in [-0.15, -0.1) is 0 Å². The van der Waals surface area contributed by atoms with Crippen molar-refractivity contribution in [2.24, 2.45) is 0 Å². The Morgan fingerprint density at radius 2 is 2.06 bits per heavy atom. The molecule has 0 fully saturated rings. The minimum Gasteiger partial charge on any atom is -0.502 e. The average Bonchev–Trinajstić information content (AvgIpc) is 2.23. The number of aromatic carboxylic acids is 1. The van der Waals surface area contributed by atoms with Crippen LogP contribution >= 0.6 is 11.6 Å². The molecule has 0 atom stereocenters. The maximum atomic E-state index is 11.6. The molecule has 0 radical (unpaired) electrons. The van der Waals surface area contributed by atoms with Crippen molar-refractivity contribution in [2.45, 2.75) is 0 Å². The van der Waals surface area contributed by atoms with Gasteiger partial charge in [0, 0.05) is 5.02 Å². The summed E-state index contributed by atoms with van der Waals surface area (Å²) in [7, 11) is 0. The Morgan fingerprint density at radius 3 is 2.69 bits per heavy atom. The molecule has 2 aromatic rings.